The van der Waals surface area contributed by atoms with E-state index in [2.05, 4.69) is 75.2 Å². The van der Waals surface area contributed by atoms with Crippen molar-refractivity contribution in [2.45, 2.75) is 6.92 Å². The minimum absolute atomic E-state index is 0.637. The van der Waals surface area contributed by atoms with Crippen LogP contribution in [-0.2, 0) is 0 Å². The van der Waals surface area contributed by atoms with Gasteiger partial charge in [-0.2, -0.15) is 0 Å². The molecule has 1 unspecified atom stereocenters. The lowest BCUT2D eigenvalue weighted by Gasteiger charge is -2.18. The number of hydrogen-bond donors (Lipinski definition) is 1. The third-order valence-corrected chi connectivity index (χ3v) is 4.13. The fraction of sp³-hybridized carbons (Fsp3) is 0.500. The molecule has 0 fully saturated rings. The zero-order chi connectivity index (χ0) is 12.1. The van der Waals surface area contributed by atoms with Gasteiger partial charge in [0.15, 0.2) is 0 Å². The van der Waals surface area contributed by atoms with Crippen molar-refractivity contribution in [3.8, 4) is 0 Å². The molecule has 1 N–H and O–H groups in total. The third kappa shape index (κ3) is 4.85. The Kier molecular flexibility index (Phi) is 5.79. The van der Waals surface area contributed by atoms with Crippen molar-refractivity contribution in [3.05, 3.63) is 27.1 Å². The summed E-state index contributed by atoms with van der Waals surface area (Å²) < 4.78 is 2.16. The zero-order valence-electron chi connectivity index (χ0n) is 9.93. The summed E-state index contributed by atoms with van der Waals surface area (Å²) in [6, 6.07) is 6.21. The van der Waals surface area contributed by atoms with E-state index in [-0.39, 0.29) is 0 Å². The molecule has 0 saturated heterocycles. The smallest absolute Gasteiger partial charge is 0.0352 e. The molecule has 16 heavy (non-hydrogen) atoms. The molecule has 0 spiro atoms. The quantitative estimate of drug-likeness (QED) is 0.869. The number of hydrogen-bond acceptors (Lipinski definition) is 2. The highest BCUT2D eigenvalue weighted by atomic mass is 79.9. The van der Waals surface area contributed by atoms with E-state index in [0.717, 1.165) is 27.7 Å². The van der Waals surface area contributed by atoms with Crippen molar-refractivity contribution in [1.82, 2.24) is 4.90 Å². The van der Waals surface area contributed by atoms with Gasteiger partial charge in [0.2, 0.25) is 0 Å². The molecule has 1 aromatic rings. The molecule has 0 aliphatic carbocycles. The van der Waals surface area contributed by atoms with E-state index in [1.54, 1.807) is 0 Å². The van der Waals surface area contributed by atoms with Crippen LogP contribution < -0.4 is 5.32 Å². The molecule has 90 valence electrons. The predicted molar refractivity (Wildman–Crippen MR) is 78.0 cm³/mol. The summed E-state index contributed by atoms with van der Waals surface area (Å²) in [6.07, 6.45) is 0. The first-order valence-electron chi connectivity index (χ1n) is 5.32. The van der Waals surface area contributed by atoms with Crippen molar-refractivity contribution in [2.24, 2.45) is 5.92 Å². The van der Waals surface area contributed by atoms with Gasteiger partial charge in [0, 0.05) is 27.7 Å². The maximum absolute atomic E-state index is 3.50. The Morgan fingerprint density at radius 1 is 1.25 bits per heavy atom. The lowest BCUT2D eigenvalue weighted by atomic mass is 10.1. The van der Waals surface area contributed by atoms with Gasteiger partial charge in [0.05, 0.1) is 0 Å². The molecule has 0 saturated carbocycles. The van der Waals surface area contributed by atoms with Crippen LogP contribution in [0.15, 0.2) is 27.1 Å². The first-order valence-corrected chi connectivity index (χ1v) is 6.91. The minimum Gasteiger partial charge on any atom is -0.385 e. The molecule has 0 radical (unpaired) electrons. The summed E-state index contributed by atoms with van der Waals surface area (Å²) in [5, 5.41) is 3.44. The fourth-order valence-corrected chi connectivity index (χ4v) is 2.21. The highest BCUT2D eigenvalue weighted by Gasteiger charge is 2.04. The topological polar surface area (TPSA) is 15.3 Å². The van der Waals surface area contributed by atoms with Crippen LogP contribution >= 0.6 is 31.9 Å². The number of rotatable bonds is 5. The van der Waals surface area contributed by atoms with Gasteiger partial charge in [0.1, 0.15) is 0 Å². The number of halogens is 2. The minimum atomic E-state index is 0.637. The van der Waals surface area contributed by atoms with Crippen LogP contribution in [0.2, 0.25) is 0 Å². The van der Waals surface area contributed by atoms with Crippen LogP contribution in [0.25, 0.3) is 0 Å². The first kappa shape index (κ1) is 14.0. The normalized spacial score (nSPS) is 12.9. The van der Waals surface area contributed by atoms with E-state index >= 15 is 0 Å². The maximum atomic E-state index is 3.50. The van der Waals surface area contributed by atoms with Crippen molar-refractivity contribution < 1.29 is 0 Å². The number of benzene rings is 1. The standard InChI is InChI=1S/C12H18Br2N2/c1-9(8-16(2)3)7-15-10-4-5-11(13)12(14)6-10/h4-6,9,15H,7-8H2,1-3H3. The lowest BCUT2D eigenvalue weighted by molar-refractivity contribution is 0.347. The maximum Gasteiger partial charge on any atom is 0.0352 e. The Hall–Kier alpha value is -0.0600. The van der Waals surface area contributed by atoms with Crippen molar-refractivity contribution >= 4 is 37.5 Å². The Balaban J connectivity index is 2.45. The Morgan fingerprint density at radius 3 is 2.50 bits per heavy atom. The average molecular weight is 350 g/mol. The van der Waals surface area contributed by atoms with Gasteiger partial charge in [-0.1, -0.05) is 6.92 Å². The molecule has 0 bridgehead atoms. The number of nitrogens with one attached hydrogen (secondary N) is 1. The van der Waals surface area contributed by atoms with Gasteiger partial charge in [0.25, 0.3) is 0 Å². The fourth-order valence-electron chi connectivity index (χ4n) is 1.59. The van der Waals surface area contributed by atoms with Gasteiger partial charge < -0.3 is 10.2 Å². The third-order valence-electron chi connectivity index (χ3n) is 2.25. The van der Waals surface area contributed by atoms with E-state index in [0.29, 0.717) is 5.92 Å². The Morgan fingerprint density at radius 2 is 1.94 bits per heavy atom. The zero-order valence-corrected chi connectivity index (χ0v) is 13.1. The molecule has 4 heteroatoms. The van der Waals surface area contributed by atoms with Crippen LogP contribution in [0, 0.1) is 5.92 Å². The largest absolute Gasteiger partial charge is 0.385 e. The van der Waals surface area contributed by atoms with Crippen LogP contribution in [-0.4, -0.2) is 32.1 Å². The molecular weight excluding hydrogens is 332 g/mol. The summed E-state index contributed by atoms with van der Waals surface area (Å²) in [5.74, 6) is 0.637. The van der Waals surface area contributed by atoms with Gasteiger partial charge >= 0.3 is 0 Å². The van der Waals surface area contributed by atoms with E-state index < -0.39 is 0 Å². The van der Waals surface area contributed by atoms with E-state index in [1.807, 2.05) is 6.07 Å². The molecule has 0 amide bonds. The van der Waals surface area contributed by atoms with Gasteiger partial charge in [-0.05, 0) is 70.1 Å². The molecule has 1 rings (SSSR count). The Labute approximate surface area is 115 Å². The summed E-state index contributed by atoms with van der Waals surface area (Å²) in [6.45, 7) is 4.35. The summed E-state index contributed by atoms with van der Waals surface area (Å²) in [5.41, 5.74) is 1.15. The first-order chi connectivity index (χ1) is 7.49. The highest BCUT2D eigenvalue weighted by molar-refractivity contribution is 9.13. The summed E-state index contributed by atoms with van der Waals surface area (Å²) >= 11 is 6.96. The second kappa shape index (κ2) is 6.62. The van der Waals surface area contributed by atoms with Crippen LogP contribution in [0.3, 0.4) is 0 Å². The molecule has 1 aromatic carbocycles. The summed E-state index contributed by atoms with van der Waals surface area (Å²) in [4.78, 5) is 2.21. The number of anilines is 1. The highest BCUT2D eigenvalue weighted by Crippen LogP contribution is 2.26. The molecule has 0 aromatic heterocycles. The predicted octanol–water partition coefficient (Wildman–Crippen LogP) is 3.82. The number of nitrogens with zero attached hydrogens (tertiary/aromatic N) is 1. The Bertz CT molecular complexity index is 340. The molecule has 0 aliphatic rings. The monoisotopic (exact) mass is 348 g/mol. The molecule has 0 aliphatic heterocycles. The van der Waals surface area contributed by atoms with Crippen LogP contribution in [0.4, 0.5) is 5.69 Å². The van der Waals surface area contributed by atoms with E-state index in [9.17, 15) is 0 Å². The molecule has 1 atom stereocenters. The second-order valence-electron chi connectivity index (χ2n) is 4.38. The van der Waals surface area contributed by atoms with Crippen molar-refractivity contribution in [3.63, 3.8) is 0 Å². The van der Waals surface area contributed by atoms with Gasteiger partial charge in [-0.15, -0.1) is 0 Å². The average Bonchev–Trinajstić information content (AvgIpc) is 2.19. The van der Waals surface area contributed by atoms with Crippen LogP contribution in [0.1, 0.15) is 6.92 Å². The molecule has 0 heterocycles. The lowest BCUT2D eigenvalue weighted by Crippen LogP contribution is -2.24. The van der Waals surface area contributed by atoms with Crippen molar-refractivity contribution in [2.75, 3.05) is 32.5 Å². The van der Waals surface area contributed by atoms with E-state index in [4.69, 9.17) is 0 Å². The van der Waals surface area contributed by atoms with Gasteiger partial charge in [-0.3, -0.25) is 0 Å². The molecular formula is C12H18Br2N2. The summed E-state index contributed by atoms with van der Waals surface area (Å²) in [7, 11) is 4.21. The second-order valence-corrected chi connectivity index (χ2v) is 6.09. The van der Waals surface area contributed by atoms with Crippen LogP contribution in [0.5, 0.6) is 0 Å². The van der Waals surface area contributed by atoms with Gasteiger partial charge in [-0.25, -0.2) is 0 Å². The van der Waals surface area contributed by atoms with Crippen molar-refractivity contribution in [1.29, 1.82) is 0 Å². The molecule has 2 nitrogen and oxygen atoms in total. The SMILES string of the molecule is CC(CNc1ccc(Br)c(Br)c1)CN(C)C. The van der Waals surface area contributed by atoms with E-state index in [1.165, 1.54) is 0 Å².